The number of hydrogen-bond donors (Lipinski definition) is 0. The Balaban J connectivity index is 1.27. The van der Waals surface area contributed by atoms with Gasteiger partial charge in [0.2, 0.25) is 15.8 Å². The molecule has 2 aliphatic rings. The smallest absolute Gasteiger partial charge is 0.316 e. The molecule has 1 aliphatic carbocycles. The van der Waals surface area contributed by atoms with Crippen LogP contribution >= 0.6 is 11.6 Å². The molecule has 0 unspecified atom stereocenters. The highest BCUT2D eigenvalue weighted by Gasteiger charge is 2.31. The summed E-state index contributed by atoms with van der Waals surface area (Å²) in [4.78, 5) is 15.8. The molecule has 0 N–H and O–H groups in total. The number of anilines is 1. The van der Waals surface area contributed by atoms with E-state index in [0.29, 0.717) is 55.4 Å². The van der Waals surface area contributed by atoms with Crippen LogP contribution in [0, 0.1) is 0 Å². The molecule has 0 radical (unpaired) electrons. The van der Waals surface area contributed by atoms with E-state index in [-0.39, 0.29) is 17.6 Å². The van der Waals surface area contributed by atoms with Crippen LogP contribution in [0.1, 0.15) is 16.7 Å². The number of halogens is 1. The summed E-state index contributed by atoms with van der Waals surface area (Å²) in [5, 5.41) is 4.85. The lowest BCUT2D eigenvalue weighted by Gasteiger charge is -2.36. The average Bonchev–Trinajstić information content (AvgIpc) is 3.38. The van der Waals surface area contributed by atoms with Gasteiger partial charge in [0.25, 0.3) is 0 Å². The van der Waals surface area contributed by atoms with Crippen LogP contribution in [0.4, 0.5) is 5.69 Å². The first-order chi connectivity index (χ1) is 19.4. The molecule has 206 valence electrons. The zero-order valence-corrected chi connectivity index (χ0v) is 23.4. The van der Waals surface area contributed by atoms with Crippen molar-refractivity contribution in [2.24, 2.45) is 0 Å². The van der Waals surface area contributed by atoms with Crippen molar-refractivity contribution in [1.29, 1.82) is 0 Å². The third-order valence-electron chi connectivity index (χ3n) is 7.46. The van der Waals surface area contributed by atoms with E-state index in [4.69, 9.17) is 16.3 Å². The molecule has 40 heavy (non-hydrogen) atoms. The monoisotopic (exact) mass is 576 g/mol. The number of para-hydroxylation sites is 1. The molecule has 4 aromatic rings. The van der Waals surface area contributed by atoms with Gasteiger partial charge in [0, 0.05) is 39.0 Å². The Hall–Kier alpha value is -3.66. The molecular formula is C30H29ClN4O4S. The second kappa shape index (κ2) is 11.1. The van der Waals surface area contributed by atoms with Crippen LogP contribution in [-0.4, -0.2) is 54.8 Å². The maximum Gasteiger partial charge on any atom is 0.316 e. The Morgan fingerprint density at radius 3 is 2.12 bits per heavy atom. The molecule has 0 saturated carbocycles. The molecule has 1 saturated heterocycles. The van der Waals surface area contributed by atoms with E-state index < -0.39 is 15.6 Å². The normalized spacial score (nSPS) is 16.2. The van der Waals surface area contributed by atoms with Crippen molar-refractivity contribution >= 4 is 27.3 Å². The van der Waals surface area contributed by atoms with Gasteiger partial charge in [0.15, 0.2) is 0 Å². The summed E-state index contributed by atoms with van der Waals surface area (Å²) in [7, 11) is -3.48. The first-order valence-electron chi connectivity index (χ1n) is 13.3. The fraction of sp³-hybridized carbons (Fsp3) is 0.267. The fourth-order valence-electron chi connectivity index (χ4n) is 5.41. The van der Waals surface area contributed by atoms with Crippen LogP contribution in [0.25, 0.3) is 5.69 Å². The standard InChI is InChI=1S/C30H29ClN4O4S/c31-26-12-6-7-13-27(26)35-30(36)29(39-25-18-23-10-4-5-11-24(23)19-25)28(20-32-35)33-14-16-34(17-15-33)40(37,38)21-22-8-2-1-3-9-22/h1-13,20,25H,14-19,21H2. The summed E-state index contributed by atoms with van der Waals surface area (Å²) in [6.45, 7) is 1.42. The maximum atomic E-state index is 13.9. The van der Waals surface area contributed by atoms with Gasteiger partial charge in [-0.1, -0.05) is 78.3 Å². The molecule has 0 atom stereocenters. The van der Waals surface area contributed by atoms with Gasteiger partial charge >= 0.3 is 5.56 Å². The Kier molecular flexibility index (Phi) is 7.35. The number of nitrogens with zero attached hydrogens (tertiary/aromatic N) is 4. The number of ether oxygens (including phenoxy) is 1. The number of rotatable bonds is 7. The van der Waals surface area contributed by atoms with Gasteiger partial charge in [0.1, 0.15) is 11.8 Å². The largest absolute Gasteiger partial charge is 0.482 e. The Morgan fingerprint density at radius 2 is 1.45 bits per heavy atom. The molecule has 0 bridgehead atoms. The van der Waals surface area contributed by atoms with Crippen LogP contribution in [0.3, 0.4) is 0 Å². The second-order valence-electron chi connectivity index (χ2n) is 10.1. The SMILES string of the molecule is O=c1c(OC2Cc3ccccc3C2)c(N2CCN(S(=O)(=O)Cc3ccccc3)CC2)cnn1-c1ccccc1Cl. The molecular weight excluding hydrogens is 548 g/mol. The summed E-state index contributed by atoms with van der Waals surface area (Å²) in [5.74, 6) is 0.160. The molecule has 6 rings (SSSR count). The lowest BCUT2D eigenvalue weighted by molar-refractivity contribution is 0.209. The third kappa shape index (κ3) is 5.37. The number of benzene rings is 3. The van der Waals surface area contributed by atoms with Crippen LogP contribution in [0.5, 0.6) is 5.75 Å². The molecule has 0 amide bonds. The van der Waals surface area contributed by atoms with Gasteiger partial charge < -0.3 is 9.64 Å². The number of hydrogen-bond acceptors (Lipinski definition) is 6. The van der Waals surface area contributed by atoms with Gasteiger partial charge in [-0.25, -0.2) is 8.42 Å². The molecule has 10 heteroatoms. The fourth-order valence-corrected chi connectivity index (χ4v) is 7.14. The van der Waals surface area contributed by atoms with Gasteiger partial charge in [-0.2, -0.15) is 14.1 Å². The highest BCUT2D eigenvalue weighted by atomic mass is 35.5. The van der Waals surface area contributed by atoms with Crippen LogP contribution in [0.2, 0.25) is 5.02 Å². The second-order valence-corrected chi connectivity index (χ2v) is 12.4. The van der Waals surface area contributed by atoms with E-state index in [1.54, 1.807) is 30.5 Å². The molecule has 0 spiro atoms. The van der Waals surface area contributed by atoms with E-state index in [1.165, 1.54) is 20.1 Å². The van der Waals surface area contributed by atoms with Gasteiger partial charge in [-0.05, 0) is 28.8 Å². The van der Waals surface area contributed by atoms with Crippen LogP contribution in [0.15, 0.2) is 89.9 Å². The summed E-state index contributed by atoms with van der Waals surface area (Å²) >= 11 is 6.41. The molecule has 1 aromatic heterocycles. The van der Waals surface area contributed by atoms with E-state index in [0.717, 1.165) is 5.56 Å². The van der Waals surface area contributed by atoms with E-state index in [1.807, 2.05) is 47.4 Å². The summed E-state index contributed by atoms with van der Waals surface area (Å²) < 4.78 is 35.4. The van der Waals surface area contributed by atoms with Crippen molar-refractivity contribution in [3.05, 3.63) is 117 Å². The van der Waals surface area contributed by atoms with Gasteiger partial charge in [0.05, 0.1) is 22.7 Å². The minimum absolute atomic E-state index is 0.0418. The average molecular weight is 577 g/mol. The molecule has 3 aromatic carbocycles. The van der Waals surface area contributed by atoms with Crippen LogP contribution in [-0.2, 0) is 28.6 Å². The quantitative estimate of drug-likeness (QED) is 0.330. The maximum absolute atomic E-state index is 13.9. The molecule has 2 heterocycles. The van der Waals surface area contributed by atoms with Crippen molar-refractivity contribution in [3.8, 4) is 11.4 Å². The summed E-state index contributed by atoms with van der Waals surface area (Å²) in [6, 6.07) is 24.4. The Bertz CT molecular complexity index is 1660. The lowest BCUT2D eigenvalue weighted by Crippen LogP contribution is -2.49. The highest BCUT2D eigenvalue weighted by Crippen LogP contribution is 2.31. The van der Waals surface area contributed by atoms with Crippen molar-refractivity contribution in [2.45, 2.75) is 24.7 Å². The van der Waals surface area contributed by atoms with Crippen molar-refractivity contribution < 1.29 is 13.2 Å². The third-order valence-corrected chi connectivity index (χ3v) is 9.63. The van der Waals surface area contributed by atoms with Crippen molar-refractivity contribution in [1.82, 2.24) is 14.1 Å². The molecule has 8 nitrogen and oxygen atoms in total. The van der Waals surface area contributed by atoms with E-state index >= 15 is 0 Å². The topological polar surface area (TPSA) is 84.7 Å². The van der Waals surface area contributed by atoms with Crippen LogP contribution < -0.4 is 15.2 Å². The van der Waals surface area contributed by atoms with Gasteiger partial charge in [-0.15, -0.1) is 0 Å². The van der Waals surface area contributed by atoms with Crippen molar-refractivity contribution in [2.75, 3.05) is 31.1 Å². The highest BCUT2D eigenvalue weighted by molar-refractivity contribution is 7.88. The molecule has 1 aliphatic heterocycles. The predicted octanol–water partition coefficient (Wildman–Crippen LogP) is 4.08. The van der Waals surface area contributed by atoms with E-state index in [9.17, 15) is 13.2 Å². The summed E-state index contributed by atoms with van der Waals surface area (Å²) in [5.41, 5.74) is 3.81. The van der Waals surface area contributed by atoms with Gasteiger partial charge in [-0.3, -0.25) is 4.79 Å². The number of fused-ring (bicyclic) bond motifs is 1. The zero-order valence-electron chi connectivity index (χ0n) is 21.8. The zero-order chi connectivity index (χ0) is 27.7. The Morgan fingerprint density at radius 1 is 0.825 bits per heavy atom. The lowest BCUT2D eigenvalue weighted by atomic mass is 10.1. The minimum atomic E-state index is -3.48. The minimum Gasteiger partial charge on any atom is -0.482 e. The van der Waals surface area contributed by atoms with E-state index in [2.05, 4.69) is 17.2 Å². The van der Waals surface area contributed by atoms with Crippen molar-refractivity contribution in [3.63, 3.8) is 0 Å². The first kappa shape index (κ1) is 26.6. The summed E-state index contributed by atoms with van der Waals surface area (Å²) in [6.07, 6.45) is 2.83. The Labute approximate surface area is 238 Å². The predicted molar refractivity (Wildman–Crippen MR) is 156 cm³/mol. The number of sulfonamides is 1. The number of piperazine rings is 1. The number of aromatic nitrogens is 2. The molecule has 1 fully saturated rings. The first-order valence-corrected chi connectivity index (χ1v) is 15.2.